The number of hydrogen-bond donors (Lipinski definition) is 5. The number of nitrogens with one attached hydrogen (secondary N) is 1. The minimum atomic E-state index is -1.82. The van der Waals surface area contributed by atoms with Crippen LogP contribution in [0.15, 0.2) is 22.5 Å². The van der Waals surface area contributed by atoms with Crippen LogP contribution >= 0.6 is 0 Å². The molecule has 8 nitrogen and oxygen atoms in total. The highest BCUT2D eigenvalue weighted by Crippen LogP contribution is 2.49. The quantitative estimate of drug-likeness (QED) is 0.369. The van der Waals surface area contributed by atoms with Crippen molar-refractivity contribution < 1.29 is 29.6 Å². The summed E-state index contributed by atoms with van der Waals surface area (Å²) < 4.78 is 5.43. The molecule has 2 bridgehead atoms. The maximum atomic E-state index is 12.3. The second kappa shape index (κ2) is 4.00. The highest BCUT2D eigenvalue weighted by molar-refractivity contribution is 6.56. The van der Waals surface area contributed by atoms with Crippen molar-refractivity contribution in [1.29, 1.82) is 5.41 Å². The summed E-state index contributed by atoms with van der Waals surface area (Å²) in [6, 6.07) is 0. The lowest BCUT2D eigenvalue weighted by Crippen LogP contribution is -2.64. The predicted molar refractivity (Wildman–Crippen MR) is 68.5 cm³/mol. The molecule has 2 aliphatic carbocycles. The normalized spacial score (nSPS) is 38.9. The summed E-state index contributed by atoms with van der Waals surface area (Å²) in [6.45, 7) is 1.53. The van der Waals surface area contributed by atoms with Crippen molar-refractivity contribution >= 4 is 17.4 Å². The number of amides is 1. The Kier molecular flexibility index (Phi) is 2.65. The number of aliphatic hydroxyl groups is 3. The third-order valence-electron chi connectivity index (χ3n) is 4.32. The monoisotopic (exact) mass is 294 g/mol. The number of carbonyl (C=O) groups excluding carboxylic acids is 2. The minimum absolute atomic E-state index is 0.143. The summed E-state index contributed by atoms with van der Waals surface area (Å²) in [5, 5.41) is 38.5. The molecule has 0 unspecified atom stereocenters. The summed E-state index contributed by atoms with van der Waals surface area (Å²) in [5.74, 6) is -2.70. The smallest absolute Gasteiger partial charge is 0.254 e. The van der Waals surface area contributed by atoms with Crippen LogP contribution in [0.1, 0.15) is 13.3 Å². The Morgan fingerprint density at radius 1 is 1.52 bits per heavy atom. The molecule has 0 aromatic rings. The Labute approximate surface area is 119 Å². The SMILES string of the molecule is C[C@@H]1O[C@H]2C3=C(C(=O)C(=N)C(C(N)=O)=C3O)[C@@]1(O)C[C@@H]2O. The molecule has 4 rings (SSSR count). The fourth-order valence-corrected chi connectivity index (χ4v) is 3.26. The van der Waals surface area contributed by atoms with Gasteiger partial charge in [0.2, 0.25) is 5.78 Å². The van der Waals surface area contributed by atoms with Crippen LogP contribution in [-0.4, -0.2) is 56.6 Å². The number of carbonyl (C=O) groups is 2. The van der Waals surface area contributed by atoms with Crippen LogP contribution in [0.5, 0.6) is 0 Å². The average Bonchev–Trinajstić information content (AvgIpc) is 2.37. The molecule has 8 heteroatoms. The topological polar surface area (TPSA) is 154 Å². The second-order valence-corrected chi connectivity index (χ2v) is 5.48. The van der Waals surface area contributed by atoms with Gasteiger partial charge in [-0.2, -0.15) is 0 Å². The Balaban J connectivity index is 2.33. The van der Waals surface area contributed by atoms with Crippen molar-refractivity contribution in [2.45, 2.75) is 37.3 Å². The van der Waals surface area contributed by atoms with Gasteiger partial charge in [0.15, 0.2) is 0 Å². The lowest BCUT2D eigenvalue weighted by Gasteiger charge is -2.52. The van der Waals surface area contributed by atoms with Crippen LogP contribution < -0.4 is 5.73 Å². The van der Waals surface area contributed by atoms with E-state index in [1.807, 2.05) is 0 Å². The molecule has 2 aliphatic heterocycles. The molecular formula is C13H14N2O6. The highest BCUT2D eigenvalue weighted by Gasteiger charge is 2.60. The first-order valence-electron chi connectivity index (χ1n) is 6.37. The van der Waals surface area contributed by atoms with Gasteiger partial charge in [0.25, 0.3) is 5.91 Å². The van der Waals surface area contributed by atoms with Gasteiger partial charge in [0, 0.05) is 17.6 Å². The molecule has 1 saturated heterocycles. The van der Waals surface area contributed by atoms with E-state index >= 15 is 0 Å². The van der Waals surface area contributed by atoms with Crippen LogP contribution in [0.25, 0.3) is 0 Å². The molecule has 112 valence electrons. The average molecular weight is 294 g/mol. The number of aliphatic hydroxyl groups excluding tert-OH is 2. The molecule has 4 atom stereocenters. The molecule has 0 aromatic heterocycles. The molecule has 0 saturated carbocycles. The van der Waals surface area contributed by atoms with Gasteiger partial charge >= 0.3 is 0 Å². The lowest BCUT2D eigenvalue weighted by molar-refractivity contribution is -0.200. The van der Waals surface area contributed by atoms with Gasteiger partial charge in [0.1, 0.15) is 28.7 Å². The number of Topliss-reactive ketones (excluding diaryl/α,β-unsaturated/α-hetero) is 1. The van der Waals surface area contributed by atoms with Crippen molar-refractivity contribution in [3.8, 4) is 0 Å². The third kappa shape index (κ3) is 1.52. The van der Waals surface area contributed by atoms with Gasteiger partial charge in [-0.05, 0) is 6.92 Å². The largest absolute Gasteiger partial charge is 0.507 e. The van der Waals surface area contributed by atoms with Gasteiger partial charge in [0.05, 0.1) is 12.2 Å². The number of primary amides is 1. The summed E-state index contributed by atoms with van der Waals surface area (Å²) in [7, 11) is 0. The van der Waals surface area contributed by atoms with E-state index < -0.39 is 52.6 Å². The first-order valence-corrected chi connectivity index (χ1v) is 6.37. The Hall–Kier alpha value is -2.03. The molecule has 6 N–H and O–H groups in total. The Bertz CT molecular complexity index is 664. The van der Waals surface area contributed by atoms with E-state index in [4.69, 9.17) is 15.9 Å². The van der Waals surface area contributed by atoms with Gasteiger partial charge < -0.3 is 25.8 Å². The highest BCUT2D eigenvalue weighted by atomic mass is 16.5. The van der Waals surface area contributed by atoms with E-state index in [0.29, 0.717) is 0 Å². The lowest BCUT2D eigenvalue weighted by atomic mass is 9.65. The molecular weight excluding hydrogens is 280 g/mol. The van der Waals surface area contributed by atoms with E-state index in [9.17, 15) is 24.9 Å². The van der Waals surface area contributed by atoms with Crippen molar-refractivity contribution in [2.24, 2.45) is 5.73 Å². The first-order chi connectivity index (χ1) is 9.70. The second-order valence-electron chi connectivity index (χ2n) is 5.48. The van der Waals surface area contributed by atoms with Gasteiger partial charge in [-0.1, -0.05) is 0 Å². The van der Waals surface area contributed by atoms with Crippen LogP contribution in [0, 0.1) is 5.41 Å². The Morgan fingerprint density at radius 2 is 2.14 bits per heavy atom. The maximum Gasteiger partial charge on any atom is 0.254 e. The zero-order valence-electron chi connectivity index (χ0n) is 11.1. The third-order valence-corrected chi connectivity index (χ3v) is 4.32. The zero-order valence-corrected chi connectivity index (χ0v) is 11.1. The molecule has 0 spiro atoms. The zero-order chi connectivity index (χ0) is 15.7. The molecule has 1 amide bonds. The van der Waals surface area contributed by atoms with Crippen LogP contribution in [-0.2, 0) is 14.3 Å². The molecule has 4 aliphatic rings. The van der Waals surface area contributed by atoms with E-state index in [1.165, 1.54) is 6.92 Å². The van der Waals surface area contributed by atoms with E-state index in [1.54, 1.807) is 0 Å². The van der Waals surface area contributed by atoms with Crippen molar-refractivity contribution in [1.82, 2.24) is 0 Å². The minimum Gasteiger partial charge on any atom is -0.507 e. The van der Waals surface area contributed by atoms with Crippen molar-refractivity contribution in [3.05, 3.63) is 22.5 Å². The first kappa shape index (κ1) is 13.9. The van der Waals surface area contributed by atoms with Crippen LogP contribution in [0.2, 0.25) is 0 Å². The number of nitrogens with two attached hydrogens (primary N) is 1. The molecule has 2 heterocycles. The summed E-state index contributed by atoms with van der Waals surface area (Å²) in [4.78, 5) is 23.7. The fraction of sp³-hybridized carbons (Fsp3) is 0.462. The number of ether oxygens (including phenoxy) is 1. The number of fused-ring (bicyclic) bond motifs is 2. The van der Waals surface area contributed by atoms with Crippen molar-refractivity contribution in [2.75, 3.05) is 0 Å². The predicted octanol–water partition coefficient (Wildman–Crippen LogP) is -1.53. The standard InChI is InChI=1S/C13H14N2O6/c1-3-13(20)2-4(16)11(21-3)5-7(13)10(18)8(14)6(9(5)17)12(15)19/h3-4,11,14,16-17,20H,2H2,1H3,(H2,15,19)/t3-,4-,11+,13+/m0/s1. The van der Waals surface area contributed by atoms with E-state index in [0.717, 1.165) is 0 Å². The van der Waals surface area contributed by atoms with Crippen LogP contribution in [0.3, 0.4) is 0 Å². The summed E-state index contributed by atoms with van der Waals surface area (Å²) >= 11 is 0. The maximum absolute atomic E-state index is 12.3. The van der Waals surface area contributed by atoms with Gasteiger partial charge in [-0.3, -0.25) is 15.0 Å². The Morgan fingerprint density at radius 3 is 2.71 bits per heavy atom. The summed E-state index contributed by atoms with van der Waals surface area (Å²) in [6.07, 6.45) is -3.11. The fourth-order valence-electron chi connectivity index (χ4n) is 3.26. The number of rotatable bonds is 1. The molecule has 0 radical (unpaired) electrons. The van der Waals surface area contributed by atoms with Crippen LogP contribution in [0.4, 0.5) is 0 Å². The molecule has 21 heavy (non-hydrogen) atoms. The van der Waals surface area contributed by atoms with E-state index in [2.05, 4.69) is 0 Å². The number of hydrogen-bond acceptors (Lipinski definition) is 7. The molecule has 0 aromatic carbocycles. The summed E-state index contributed by atoms with van der Waals surface area (Å²) in [5.41, 5.74) is 1.54. The molecule has 1 fully saturated rings. The van der Waals surface area contributed by atoms with Crippen molar-refractivity contribution in [3.63, 3.8) is 0 Å². The van der Waals surface area contributed by atoms with Gasteiger partial charge in [-0.15, -0.1) is 0 Å². The van der Waals surface area contributed by atoms with Gasteiger partial charge in [-0.25, -0.2) is 0 Å². The van der Waals surface area contributed by atoms with E-state index in [-0.39, 0.29) is 17.6 Å². The number of ketones is 1.